The lowest BCUT2D eigenvalue weighted by Crippen LogP contribution is -2.45. The smallest absolute Gasteiger partial charge is 0.269 e. The highest BCUT2D eigenvalue weighted by Crippen LogP contribution is 2.32. The summed E-state index contributed by atoms with van der Waals surface area (Å²) < 4.78 is 26.0. The van der Waals surface area contributed by atoms with Crippen molar-refractivity contribution in [3.05, 3.63) is 29.3 Å². The van der Waals surface area contributed by atoms with Crippen LogP contribution in [0, 0.1) is 0 Å². The molecular formula is C16H21N3O4S. The van der Waals surface area contributed by atoms with E-state index in [-0.39, 0.29) is 28.0 Å². The Balaban J connectivity index is 1.89. The average Bonchev–Trinajstić information content (AvgIpc) is 2.74. The Kier molecular flexibility index (Phi) is 4.35. The van der Waals surface area contributed by atoms with Crippen molar-refractivity contribution in [2.24, 2.45) is 0 Å². The molecule has 7 nitrogen and oxygen atoms in total. The van der Waals surface area contributed by atoms with Crippen molar-refractivity contribution in [1.82, 2.24) is 14.9 Å². The second kappa shape index (κ2) is 6.18. The van der Waals surface area contributed by atoms with Crippen LogP contribution in [-0.4, -0.2) is 49.7 Å². The quantitative estimate of drug-likeness (QED) is 0.837. The number of hydrogen-bond donors (Lipinski definition) is 2. The molecule has 2 heterocycles. The van der Waals surface area contributed by atoms with Gasteiger partial charge in [-0.05, 0) is 51.4 Å². The van der Waals surface area contributed by atoms with Crippen molar-refractivity contribution in [3.8, 4) is 0 Å². The Morgan fingerprint density at radius 3 is 2.75 bits per heavy atom. The lowest BCUT2D eigenvalue weighted by Gasteiger charge is -2.23. The standard InChI is InChI=1S/C16H21N3O4S/c1-10(2)19-16(21)13-6-5-11(8-14(13)24(19,22)23)15(20)18-12-4-3-7-17-9-12/h5-6,8,10,12,17H,3-4,7,9H2,1-2H3,(H,18,20)/t12-/m0/s1. The molecule has 1 atom stereocenters. The summed E-state index contributed by atoms with van der Waals surface area (Å²) in [6, 6.07) is 3.79. The molecule has 1 fully saturated rings. The van der Waals surface area contributed by atoms with Crippen molar-refractivity contribution in [3.63, 3.8) is 0 Å². The first kappa shape index (κ1) is 16.9. The van der Waals surface area contributed by atoms with Crippen LogP contribution in [-0.2, 0) is 10.0 Å². The molecule has 130 valence electrons. The Hall–Kier alpha value is -1.93. The Labute approximate surface area is 141 Å². The number of nitrogens with one attached hydrogen (secondary N) is 2. The zero-order valence-electron chi connectivity index (χ0n) is 13.7. The van der Waals surface area contributed by atoms with Gasteiger partial charge in [-0.1, -0.05) is 0 Å². The van der Waals surface area contributed by atoms with E-state index in [4.69, 9.17) is 0 Å². The lowest BCUT2D eigenvalue weighted by molar-refractivity contribution is 0.0845. The van der Waals surface area contributed by atoms with E-state index in [1.54, 1.807) is 13.8 Å². The molecule has 2 aliphatic rings. The molecular weight excluding hydrogens is 330 g/mol. The van der Waals surface area contributed by atoms with Crippen molar-refractivity contribution < 1.29 is 18.0 Å². The van der Waals surface area contributed by atoms with E-state index in [0.717, 1.165) is 23.7 Å². The molecule has 8 heteroatoms. The molecule has 0 saturated carbocycles. The number of rotatable bonds is 3. The molecule has 0 unspecified atom stereocenters. The minimum absolute atomic E-state index is 0.0323. The maximum Gasteiger partial charge on any atom is 0.269 e. The number of carbonyl (C=O) groups excluding carboxylic acids is 2. The third-order valence-electron chi connectivity index (χ3n) is 4.31. The van der Waals surface area contributed by atoms with E-state index < -0.39 is 22.0 Å². The number of piperidine rings is 1. The summed E-state index contributed by atoms with van der Waals surface area (Å²) >= 11 is 0. The maximum absolute atomic E-state index is 12.6. The topological polar surface area (TPSA) is 95.6 Å². The highest BCUT2D eigenvalue weighted by atomic mass is 32.2. The Morgan fingerprint density at radius 1 is 1.38 bits per heavy atom. The van der Waals surface area contributed by atoms with Gasteiger partial charge >= 0.3 is 0 Å². The fraction of sp³-hybridized carbons (Fsp3) is 0.500. The van der Waals surface area contributed by atoms with Crippen molar-refractivity contribution >= 4 is 21.8 Å². The van der Waals surface area contributed by atoms with Gasteiger partial charge in [0.25, 0.3) is 21.8 Å². The third kappa shape index (κ3) is 2.80. The fourth-order valence-corrected chi connectivity index (χ4v) is 4.94. The van der Waals surface area contributed by atoms with Gasteiger partial charge in [0.1, 0.15) is 4.90 Å². The van der Waals surface area contributed by atoms with Crippen LogP contribution in [0.15, 0.2) is 23.1 Å². The first-order chi connectivity index (χ1) is 11.3. The first-order valence-electron chi connectivity index (χ1n) is 8.07. The normalized spacial score (nSPS) is 22.5. The molecule has 0 aliphatic carbocycles. The number of amides is 2. The van der Waals surface area contributed by atoms with E-state index in [2.05, 4.69) is 10.6 Å². The van der Waals surface area contributed by atoms with Crippen molar-refractivity contribution in [2.75, 3.05) is 13.1 Å². The molecule has 24 heavy (non-hydrogen) atoms. The van der Waals surface area contributed by atoms with Gasteiger partial charge in [0.15, 0.2) is 0 Å². The molecule has 2 amide bonds. The third-order valence-corrected chi connectivity index (χ3v) is 6.31. The molecule has 0 bridgehead atoms. The number of hydrogen-bond acceptors (Lipinski definition) is 5. The molecule has 2 N–H and O–H groups in total. The SMILES string of the molecule is CC(C)N1C(=O)c2ccc(C(=O)N[C@H]3CCCNC3)cc2S1(=O)=O. The van der Waals surface area contributed by atoms with Crippen LogP contribution in [0.3, 0.4) is 0 Å². The minimum atomic E-state index is -3.89. The van der Waals surface area contributed by atoms with E-state index in [1.165, 1.54) is 18.2 Å². The van der Waals surface area contributed by atoms with Gasteiger partial charge in [0, 0.05) is 24.2 Å². The zero-order chi connectivity index (χ0) is 17.5. The summed E-state index contributed by atoms with van der Waals surface area (Å²) in [6.07, 6.45) is 1.88. The molecule has 1 aromatic carbocycles. The van der Waals surface area contributed by atoms with Gasteiger partial charge in [-0.2, -0.15) is 0 Å². The molecule has 0 aromatic heterocycles. The Morgan fingerprint density at radius 2 is 2.12 bits per heavy atom. The van der Waals surface area contributed by atoms with E-state index in [0.29, 0.717) is 6.54 Å². The summed E-state index contributed by atoms with van der Waals surface area (Å²) in [5.41, 5.74) is 0.376. The van der Waals surface area contributed by atoms with Gasteiger partial charge in [-0.15, -0.1) is 0 Å². The van der Waals surface area contributed by atoms with Gasteiger partial charge in [0.05, 0.1) is 5.56 Å². The summed E-state index contributed by atoms with van der Waals surface area (Å²) in [7, 11) is -3.89. The molecule has 0 radical (unpaired) electrons. The number of fused-ring (bicyclic) bond motifs is 1. The summed E-state index contributed by atoms with van der Waals surface area (Å²) in [6.45, 7) is 4.93. The van der Waals surface area contributed by atoms with E-state index in [9.17, 15) is 18.0 Å². The average molecular weight is 351 g/mol. The van der Waals surface area contributed by atoms with Gasteiger partial charge in [0.2, 0.25) is 0 Å². The molecule has 3 rings (SSSR count). The molecule has 2 aliphatic heterocycles. The number of benzene rings is 1. The predicted octanol–water partition coefficient (Wildman–Crippen LogP) is 0.721. The van der Waals surface area contributed by atoms with Crippen LogP contribution in [0.2, 0.25) is 0 Å². The maximum atomic E-state index is 12.6. The fourth-order valence-electron chi connectivity index (χ4n) is 3.14. The second-order valence-corrected chi connectivity index (χ2v) is 8.21. The van der Waals surface area contributed by atoms with Crippen LogP contribution in [0.5, 0.6) is 0 Å². The van der Waals surface area contributed by atoms with Gasteiger partial charge < -0.3 is 10.6 Å². The second-order valence-electron chi connectivity index (χ2n) is 6.43. The monoisotopic (exact) mass is 351 g/mol. The van der Waals surface area contributed by atoms with Gasteiger partial charge in [-0.3, -0.25) is 9.59 Å². The minimum Gasteiger partial charge on any atom is -0.348 e. The molecule has 1 aromatic rings. The summed E-state index contributed by atoms with van der Waals surface area (Å²) in [5.74, 6) is -0.861. The molecule has 0 spiro atoms. The van der Waals surface area contributed by atoms with Crippen molar-refractivity contribution in [1.29, 1.82) is 0 Å². The van der Waals surface area contributed by atoms with Crippen LogP contribution >= 0.6 is 0 Å². The summed E-state index contributed by atoms with van der Waals surface area (Å²) in [5, 5.41) is 6.11. The van der Waals surface area contributed by atoms with Crippen LogP contribution in [0.1, 0.15) is 47.4 Å². The number of sulfonamides is 1. The zero-order valence-corrected chi connectivity index (χ0v) is 14.5. The van der Waals surface area contributed by atoms with Crippen LogP contribution in [0.4, 0.5) is 0 Å². The van der Waals surface area contributed by atoms with Crippen LogP contribution in [0.25, 0.3) is 0 Å². The highest BCUT2D eigenvalue weighted by molar-refractivity contribution is 7.90. The lowest BCUT2D eigenvalue weighted by atomic mass is 10.1. The highest BCUT2D eigenvalue weighted by Gasteiger charge is 2.42. The number of nitrogens with zero attached hydrogens (tertiary/aromatic N) is 1. The van der Waals surface area contributed by atoms with Crippen LogP contribution < -0.4 is 10.6 Å². The molecule has 1 saturated heterocycles. The van der Waals surface area contributed by atoms with E-state index in [1.807, 2.05) is 0 Å². The summed E-state index contributed by atoms with van der Waals surface area (Å²) in [4.78, 5) is 24.6. The largest absolute Gasteiger partial charge is 0.348 e. The van der Waals surface area contributed by atoms with Crippen molar-refractivity contribution in [2.45, 2.75) is 43.7 Å². The Bertz CT molecular complexity index is 783. The number of carbonyl (C=O) groups is 2. The van der Waals surface area contributed by atoms with E-state index >= 15 is 0 Å². The first-order valence-corrected chi connectivity index (χ1v) is 9.51. The predicted molar refractivity (Wildman–Crippen MR) is 88.3 cm³/mol. The van der Waals surface area contributed by atoms with Gasteiger partial charge in [-0.25, -0.2) is 12.7 Å².